The highest BCUT2D eigenvalue weighted by atomic mass is 16.5. The molecular formula is C45H54N2O10+2. The highest BCUT2D eigenvalue weighted by Gasteiger charge is 2.44. The molecule has 4 aliphatic heterocycles. The van der Waals surface area contributed by atoms with Gasteiger partial charge in [-0.25, -0.2) is 0 Å². The molecular weight excluding hydrogens is 728 g/mol. The molecule has 8 rings (SSSR count). The summed E-state index contributed by atoms with van der Waals surface area (Å²) in [6.45, 7) is 2.83. The number of fused-ring (bicyclic) bond motifs is 2. The van der Waals surface area contributed by atoms with Crippen LogP contribution in [0, 0.1) is 0 Å². The molecule has 4 aromatic carbocycles. The summed E-state index contributed by atoms with van der Waals surface area (Å²) >= 11 is 0. The molecule has 12 nitrogen and oxygen atoms in total. The number of carboxylic acids is 2. The molecule has 4 heterocycles. The van der Waals surface area contributed by atoms with Gasteiger partial charge >= 0.3 is 11.9 Å². The second kappa shape index (κ2) is 16.2. The van der Waals surface area contributed by atoms with E-state index in [0.717, 1.165) is 52.9 Å². The van der Waals surface area contributed by atoms with Gasteiger partial charge in [0.2, 0.25) is 5.75 Å². The normalized spacial score (nSPS) is 22.2. The molecule has 0 amide bonds. The molecule has 4 aromatic rings. The second-order valence-electron chi connectivity index (χ2n) is 16.2. The van der Waals surface area contributed by atoms with Gasteiger partial charge in [-0.05, 0) is 64.7 Å². The van der Waals surface area contributed by atoms with Gasteiger partial charge in [-0.3, -0.25) is 9.59 Å². The molecule has 57 heavy (non-hydrogen) atoms. The number of benzene rings is 4. The summed E-state index contributed by atoms with van der Waals surface area (Å²) in [5.41, 5.74) is 6.10. The number of hydrogen-bond donors (Lipinski definition) is 3. The van der Waals surface area contributed by atoms with Gasteiger partial charge in [0.05, 0.1) is 80.0 Å². The highest BCUT2D eigenvalue weighted by molar-refractivity contribution is 5.67. The van der Waals surface area contributed by atoms with Crippen LogP contribution >= 0.6 is 0 Å². The second-order valence-corrected chi connectivity index (χ2v) is 16.2. The fourth-order valence-corrected chi connectivity index (χ4v) is 9.29. The van der Waals surface area contributed by atoms with Crippen molar-refractivity contribution in [2.75, 3.05) is 61.6 Å². The average Bonchev–Trinajstić information content (AvgIpc) is 3.18. The number of aliphatic carboxylic acids is 2. The van der Waals surface area contributed by atoms with Gasteiger partial charge in [0, 0.05) is 44.1 Å². The maximum Gasteiger partial charge on any atom is 0.303 e. The number of phenolic OH excluding ortho intramolecular Hbond substituents is 1. The standard InChI is InChI=1S/C45H52N2O10/c1-46(18-6-8-41(48)49)20-16-30-25-37(54-4)39-27-33(30)34(46)22-28-10-13-32(14-11-28)56-38-24-29(12-15-36(38)53-3)23-35-43-31(26-40(55-5)44(52)45(43)57-39)17-21-47(35,2)19-7-9-42(50)51/h10-15,24-27,34-35H,6-9,16-23H2,1-5H3,(H-2,48,49,50,51,52)/p+2. The molecule has 4 unspecified atom stereocenters. The van der Waals surface area contributed by atoms with Crippen LogP contribution in [0.1, 0.15) is 71.1 Å². The van der Waals surface area contributed by atoms with Crippen LogP contribution in [0.2, 0.25) is 0 Å². The first-order valence-electron chi connectivity index (χ1n) is 19.7. The van der Waals surface area contributed by atoms with Gasteiger partial charge in [0.15, 0.2) is 34.5 Å². The van der Waals surface area contributed by atoms with Crippen molar-refractivity contribution < 1.29 is 57.6 Å². The van der Waals surface area contributed by atoms with Crippen LogP contribution in [0.25, 0.3) is 0 Å². The van der Waals surface area contributed by atoms with Crippen LogP contribution in [-0.4, -0.2) is 97.8 Å². The third-order valence-corrected chi connectivity index (χ3v) is 12.5. The molecule has 0 fully saturated rings. The van der Waals surface area contributed by atoms with Crippen molar-refractivity contribution in [3.8, 4) is 46.0 Å². The molecule has 4 atom stereocenters. The van der Waals surface area contributed by atoms with E-state index in [1.807, 2.05) is 48.5 Å². The first-order valence-corrected chi connectivity index (χ1v) is 19.7. The van der Waals surface area contributed by atoms with Gasteiger partial charge in [-0.2, -0.15) is 0 Å². The molecule has 4 aliphatic rings. The van der Waals surface area contributed by atoms with Gasteiger partial charge in [-0.1, -0.05) is 18.2 Å². The Hall–Kier alpha value is -5.46. The minimum absolute atomic E-state index is 0.0468. The topological polar surface area (TPSA) is 141 Å². The van der Waals surface area contributed by atoms with Crippen LogP contribution in [0.15, 0.2) is 60.7 Å². The molecule has 0 aromatic heterocycles. The van der Waals surface area contributed by atoms with Crippen molar-refractivity contribution in [3.05, 3.63) is 94.0 Å². The molecule has 0 spiro atoms. The average molecular weight is 783 g/mol. The zero-order chi connectivity index (χ0) is 40.5. The molecule has 0 radical (unpaired) electrons. The number of quaternary nitrogens is 2. The Morgan fingerprint density at radius 2 is 1.25 bits per heavy atom. The summed E-state index contributed by atoms with van der Waals surface area (Å²) in [5, 5.41) is 31.2. The number of carbonyl (C=O) groups is 2. The number of nitrogens with zero attached hydrogens (tertiary/aromatic N) is 2. The van der Waals surface area contributed by atoms with E-state index in [0.29, 0.717) is 88.7 Å². The summed E-state index contributed by atoms with van der Waals surface area (Å²) in [5.74, 6) is 1.60. The largest absolute Gasteiger partial charge is 0.502 e. The molecule has 0 saturated heterocycles. The number of carboxylic acid groups (broad SMARTS) is 2. The van der Waals surface area contributed by atoms with Crippen molar-refractivity contribution in [3.63, 3.8) is 0 Å². The predicted octanol–water partition coefficient (Wildman–Crippen LogP) is 7.62. The molecule has 3 N–H and O–H groups in total. The number of rotatable bonds is 11. The van der Waals surface area contributed by atoms with Gasteiger partial charge in [-0.15, -0.1) is 0 Å². The van der Waals surface area contributed by atoms with E-state index >= 15 is 0 Å². The van der Waals surface area contributed by atoms with Crippen LogP contribution < -0.4 is 23.7 Å². The van der Waals surface area contributed by atoms with Gasteiger partial charge in [0.25, 0.3) is 0 Å². The fraction of sp³-hybridized carbons (Fsp3) is 0.422. The Kier molecular flexibility index (Phi) is 11.3. The minimum Gasteiger partial charge on any atom is -0.502 e. The smallest absolute Gasteiger partial charge is 0.303 e. The zero-order valence-corrected chi connectivity index (χ0v) is 33.5. The number of phenols is 1. The lowest BCUT2D eigenvalue weighted by molar-refractivity contribution is -0.941. The van der Waals surface area contributed by atoms with E-state index in [4.69, 9.17) is 23.7 Å². The Morgan fingerprint density at radius 3 is 1.88 bits per heavy atom. The first kappa shape index (κ1) is 39.8. The highest BCUT2D eigenvalue weighted by Crippen LogP contribution is 2.53. The Bertz CT molecular complexity index is 2150. The minimum atomic E-state index is -0.838. The maximum absolute atomic E-state index is 12.0. The fourth-order valence-electron chi connectivity index (χ4n) is 9.29. The number of ether oxygens (including phenoxy) is 5. The summed E-state index contributed by atoms with van der Waals surface area (Å²) in [4.78, 5) is 23.3. The van der Waals surface area contributed by atoms with Gasteiger partial charge in [0.1, 0.15) is 17.8 Å². The number of likely N-dealkylation sites (N-methyl/N-ethyl adjacent to an activating group) is 2. The van der Waals surface area contributed by atoms with Gasteiger partial charge < -0.3 is 48.0 Å². The third-order valence-electron chi connectivity index (χ3n) is 12.5. The van der Waals surface area contributed by atoms with Crippen molar-refractivity contribution in [2.24, 2.45) is 0 Å². The lowest BCUT2D eigenvalue weighted by Gasteiger charge is -2.47. The lowest BCUT2D eigenvalue weighted by atomic mass is 9.84. The summed E-state index contributed by atoms with van der Waals surface area (Å²) in [7, 11) is 9.12. The Morgan fingerprint density at radius 1 is 0.684 bits per heavy atom. The summed E-state index contributed by atoms with van der Waals surface area (Å²) in [6.07, 6.45) is 3.79. The summed E-state index contributed by atoms with van der Waals surface area (Å²) in [6, 6.07) is 19.7. The van der Waals surface area contributed by atoms with Crippen LogP contribution in [0.4, 0.5) is 0 Å². The van der Waals surface area contributed by atoms with Crippen molar-refractivity contribution in [2.45, 2.75) is 63.5 Å². The monoisotopic (exact) mass is 782 g/mol. The number of methoxy groups -OCH3 is 3. The number of hydrogen-bond acceptors (Lipinski definition) is 8. The summed E-state index contributed by atoms with van der Waals surface area (Å²) < 4.78 is 32.2. The van der Waals surface area contributed by atoms with E-state index in [1.165, 1.54) is 7.11 Å². The van der Waals surface area contributed by atoms with E-state index in [1.54, 1.807) is 14.2 Å². The van der Waals surface area contributed by atoms with Crippen LogP contribution in [0.5, 0.6) is 46.0 Å². The number of aromatic hydroxyl groups is 1. The predicted molar refractivity (Wildman–Crippen MR) is 213 cm³/mol. The van der Waals surface area contributed by atoms with Crippen LogP contribution in [0.3, 0.4) is 0 Å². The van der Waals surface area contributed by atoms with Crippen molar-refractivity contribution in [1.29, 1.82) is 0 Å². The van der Waals surface area contributed by atoms with E-state index < -0.39 is 11.9 Å². The molecule has 302 valence electrons. The Labute approximate surface area is 333 Å². The molecule has 0 aliphatic carbocycles. The third kappa shape index (κ3) is 8.06. The molecule has 6 bridgehead atoms. The van der Waals surface area contributed by atoms with E-state index in [9.17, 15) is 24.9 Å². The molecule has 0 saturated carbocycles. The first-order chi connectivity index (χ1) is 27.3. The van der Waals surface area contributed by atoms with Crippen molar-refractivity contribution in [1.82, 2.24) is 0 Å². The molecule has 12 heteroatoms. The van der Waals surface area contributed by atoms with E-state index in [-0.39, 0.29) is 36.4 Å². The van der Waals surface area contributed by atoms with Crippen LogP contribution in [-0.2, 0) is 35.3 Å². The zero-order valence-electron chi connectivity index (χ0n) is 33.5. The van der Waals surface area contributed by atoms with Crippen molar-refractivity contribution >= 4 is 11.9 Å². The quantitative estimate of drug-likeness (QED) is 0.130. The SMILES string of the molecule is COc1ccc2cc1Oc1ccc(cc1)CC1c3cc(c(OC)cc3CC[N+]1(C)CCCC(=O)O)Oc1c(O)c(OC)cc3c1C(C2)[N+](C)(CCCC(=O)O)CC3. The lowest BCUT2D eigenvalue weighted by Crippen LogP contribution is -2.52. The van der Waals surface area contributed by atoms with E-state index in [2.05, 4.69) is 26.2 Å². The maximum atomic E-state index is 12.0. The Balaban J connectivity index is 1.46.